The lowest BCUT2D eigenvalue weighted by molar-refractivity contribution is 0.473. The zero-order valence-electron chi connectivity index (χ0n) is 30.3. The molecular weight excluding hydrogens is 657 g/mol. The van der Waals surface area contributed by atoms with Crippen molar-refractivity contribution in [3.63, 3.8) is 0 Å². The summed E-state index contributed by atoms with van der Waals surface area (Å²) in [5, 5.41) is 0. The van der Waals surface area contributed by atoms with Crippen LogP contribution in [-0.2, 0) is 5.41 Å². The zero-order chi connectivity index (χ0) is 36.2. The fourth-order valence-corrected chi connectivity index (χ4v) is 8.31. The number of anilines is 6. The number of rotatable bonds is 6. The molecule has 2 aliphatic heterocycles. The maximum atomic E-state index is 6.94. The van der Waals surface area contributed by atoms with E-state index >= 15 is 0 Å². The van der Waals surface area contributed by atoms with Crippen LogP contribution >= 0.6 is 0 Å². The molecule has 3 nitrogen and oxygen atoms in total. The topological polar surface area (TPSA) is 15.7 Å². The van der Waals surface area contributed by atoms with Gasteiger partial charge in [-0.2, -0.15) is 0 Å². The highest BCUT2D eigenvalue weighted by Crippen LogP contribution is 2.61. The predicted molar refractivity (Wildman–Crippen MR) is 224 cm³/mol. The van der Waals surface area contributed by atoms with Crippen molar-refractivity contribution in [2.24, 2.45) is 0 Å². The average Bonchev–Trinajstić information content (AvgIpc) is 3.23. The van der Waals surface area contributed by atoms with E-state index in [9.17, 15) is 0 Å². The summed E-state index contributed by atoms with van der Waals surface area (Å²) in [6.45, 7) is 4.65. The molecule has 0 fully saturated rings. The molecule has 0 aromatic heterocycles. The lowest BCUT2D eigenvalue weighted by Gasteiger charge is -2.45. The van der Waals surface area contributed by atoms with E-state index in [-0.39, 0.29) is 5.41 Å². The molecule has 0 atom stereocenters. The standard InChI is InChI=1S/C51H38N2O/c1-51(2)44-20-9-10-21-46(44)53-47-22-11-12-23-48(47)54-50-43(32-33-45(51)49(50)53)39-18-13-19-42(34-39)52(40-28-24-37(25-29-40)35-14-5-3-6-15-35)41-30-26-38(27-31-41)36-16-7-4-8-17-36/h3-34H,1-2H3. The number of para-hydroxylation sites is 3. The third-order valence-electron chi connectivity index (χ3n) is 11.0. The Kier molecular flexibility index (Phi) is 7.48. The van der Waals surface area contributed by atoms with Gasteiger partial charge in [-0.25, -0.2) is 0 Å². The van der Waals surface area contributed by atoms with Crippen LogP contribution in [0.25, 0.3) is 33.4 Å². The lowest BCUT2D eigenvalue weighted by atomic mass is 9.72. The summed E-state index contributed by atoms with van der Waals surface area (Å²) >= 11 is 0. The number of hydrogen-bond acceptors (Lipinski definition) is 3. The second kappa shape index (κ2) is 12.7. The molecule has 0 saturated carbocycles. The zero-order valence-corrected chi connectivity index (χ0v) is 30.3. The molecule has 8 aromatic rings. The first-order chi connectivity index (χ1) is 26.5. The van der Waals surface area contributed by atoms with Gasteiger partial charge >= 0.3 is 0 Å². The highest BCUT2D eigenvalue weighted by atomic mass is 16.5. The summed E-state index contributed by atoms with van der Waals surface area (Å²) in [6.07, 6.45) is 0. The van der Waals surface area contributed by atoms with Gasteiger partial charge < -0.3 is 14.5 Å². The number of benzene rings is 8. The molecule has 8 aromatic carbocycles. The summed E-state index contributed by atoms with van der Waals surface area (Å²) in [5.74, 6) is 1.74. The van der Waals surface area contributed by atoms with Crippen molar-refractivity contribution < 1.29 is 4.74 Å². The molecule has 3 heteroatoms. The third-order valence-corrected chi connectivity index (χ3v) is 11.0. The molecule has 0 aliphatic carbocycles. The van der Waals surface area contributed by atoms with E-state index in [1.165, 1.54) is 39.1 Å². The second-order valence-electron chi connectivity index (χ2n) is 14.6. The van der Waals surface area contributed by atoms with Crippen molar-refractivity contribution in [3.05, 3.63) is 205 Å². The largest absolute Gasteiger partial charge is 0.452 e. The molecule has 258 valence electrons. The molecular formula is C51H38N2O. The minimum Gasteiger partial charge on any atom is -0.452 e. The van der Waals surface area contributed by atoms with Gasteiger partial charge in [0, 0.05) is 28.0 Å². The van der Waals surface area contributed by atoms with E-state index in [2.05, 4.69) is 218 Å². The Morgan fingerprint density at radius 1 is 0.426 bits per heavy atom. The third kappa shape index (κ3) is 5.20. The summed E-state index contributed by atoms with van der Waals surface area (Å²) in [4.78, 5) is 4.76. The maximum Gasteiger partial charge on any atom is 0.159 e. The van der Waals surface area contributed by atoms with Crippen molar-refractivity contribution in [2.45, 2.75) is 19.3 Å². The van der Waals surface area contributed by atoms with Gasteiger partial charge in [-0.15, -0.1) is 0 Å². The molecule has 2 aliphatic rings. The molecule has 2 heterocycles. The van der Waals surface area contributed by atoms with Crippen LogP contribution < -0.4 is 14.5 Å². The van der Waals surface area contributed by atoms with Gasteiger partial charge in [-0.1, -0.05) is 153 Å². The molecule has 0 N–H and O–H groups in total. The first-order valence-corrected chi connectivity index (χ1v) is 18.6. The summed E-state index contributed by atoms with van der Waals surface area (Å²) in [6, 6.07) is 69.4. The van der Waals surface area contributed by atoms with Gasteiger partial charge in [-0.05, 0) is 93.5 Å². The summed E-state index contributed by atoms with van der Waals surface area (Å²) < 4.78 is 6.94. The molecule has 0 spiro atoms. The Morgan fingerprint density at radius 2 is 0.963 bits per heavy atom. The Balaban J connectivity index is 1.12. The van der Waals surface area contributed by atoms with E-state index in [0.717, 1.165) is 51.1 Å². The predicted octanol–water partition coefficient (Wildman–Crippen LogP) is 14.4. The van der Waals surface area contributed by atoms with E-state index in [0.29, 0.717) is 0 Å². The Hall–Kier alpha value is -6.84. The van der Waals surface area contributed by atoms with Crippen molar-refractivity contribution in [1.82, 2.24) is 0 Å². The summed E-state index contributed by atoms with van der Waals surface area (Å²) in [7, 11) is 0. The van der Waals surface area contributed by atoms with E-state index in [4.69, 9.17) is 4.74 Å². The van der Waals surface area contributed by atoms with Crippen LogP contribution in [0.4, 0.5) is 34.1 Å². The van der Waals surface area contributed by atoms with Crippen LogP contribution in [0.2, 0.25) is 0 Å². The smallest absolute Gasteiger partial charge is 0.159 e. The van der Waals surface area contributed by atoms with Gasteiger partial charge in [0.2, 0.25) is 0 Å². The van der Waals surface area contributed by atoms with Crippen LogP contribution in [0.5, 0.6) is 11.5 Å². The molecule has 0 saturated heterocycles. The Morgan fingerprint density at radius 3 is 1.61 bits per heavy atom. The average molecular weight is 695 g/mol. The fraction of sp³-hybridized carbons (Fsp3) is 0.0588. The first kappa shape index (κ1) is 31.9. The number of fused-ring (bicyclic) bond motifs is 4. The van der Waals surface area contributed by atoms with Gasteiger partial charge in [-0.3, -0.25) is 0 Å². The van der Waals surface area contributed by atoms with Crippen molar-refractivity contribution in [3.8, 4) is 44.9 Å². The van der Waals surface area contributed by atoms with E-state index < -0.39 is 0 Å². The first-order valence-electron chi connectivity index (χ1n) is 18.6. The van der Waals surface area contributed by atoms with Crippen molar-refractivity contribution >= 4 is 34.1 Å². The molecule has 54 heavy (non-hydrogen) atoms. The Bertz CT molecular complexity index is 2560. The van der Waals surface area contributed by atoms with Gasteiger partial charge in [0.1, 0.15) is 0 Å². The number of hydrogen-bond donors (Lipinski definition) is 0. The fourth-order valence-electron chi connectivity index (χ4n) is 8.31. The molecule has 0 bridgehead atoms. The van der Waals surface area contributed by atoms with Crippen molar-refractivity contribution in [2.75, 3.05) is 9.80 Å². The highest BCUT2D eigenvalue weighted by Gasteiger charge is 2.42. The Labute approximate surface area is 317 Å². The number of nitrogens with zero attached hydrogens (tertiary/aromatic N) is 2. The quantitative estimate of drug-likeness (QED) is 0.172. The van der Waals surface area contributed by atoms with Crippen LogP contribution in [-0.4, -0.2) is 0 Å². The highest BCUT2D eigenvalue weighted by molar-refractivity contribution is 5.97. The normalized spacial score (nSPS) is 13.3. The van der Waals surface area contributed by atoms with Crippen molar-refractivity contribution in [1.29, 1.82) is 0 Å². The molecule has 0 unspecified atom stereocenters. The molecule has 0 radical (unpaired) electrons. The van der Waals surface area contributed by atoms with E-state index in [1.54, 1.807) is 0 Å². The minimum absolute atomic E-state index is 0.207. The van der Waals surface area contributed by atoms with Gasteiger partial charge in [0.05, 0.1) is 17.1 Å². The van der Waals surface area contributed by atoms with Gasteiger partial charge in [0.25, 0.3) is 0 Å². The second-order valence-corrected chi connectivity index (χ2v) is 14.6. The SMILES string of the molecule is CC1(C)c2ccccc2N2c3ccccc3Oc3c(-c4cccc(N(c5ccc(-c6ccccc6)cc5)c5ccc(-c6ccccc6)cc5)c4)ccc1c32. The summed E-state index contributed by atoms with van der Waals surface area (Å²) in [5.41, 5.74) is 15.9. The lowest BCUT2D eigenvalue weighted by Crippen LogP contribution is -2.32. The molecule has 0 amide bonds. The van der Waals surface area contributed by atoms with Crippen LogP contribution in [0, 0.1) is 0 Å². The molecule has 10 rings (SSSR count). The van der Waals surface area contributed by atoms with Gasteiger partial charge in [0.15, 0.2) is 11.5 Å². The van der Waals surface area contributed by atoms with Crippen LogP contribution in [0.1, 0.15) is 25.0 Å². The van der Waals surface area contributed by atoms with Crippen LogP contribution in [0.15, 0.2) is 194 Å². The van der Waals surface area contributed by atoms with E-state index in [1.807, 2.05) is 0 Å². The maximum absolute atomic E-state index is 6.94. The number of ether oxygens (including phenoxy) is 1. The minimum atomic E-state index is -0.207. The van der Waals surface area contributed by atoms with Crippen LogP contribution in [0.3, 0.4) is 0 Å². The monoisotopic (exact) mass is 694 g/mol.